The van der Waals surface area contributed by atoms with Gasteiger partial charge in [-0.15, -0.1) is 11.3 Å². The minimum atomic E-state index is -0.926. The molecule has 1 unspecified atom stereocenters. The minimum Gasteiger partial charge on any atom is -0.453 e. The maximum Gasteiger partial charge on any atom is 0.307 e. The lowest BCUT2D eigenvalue weighted by molar-refractivity contribution is -0.158. The molecule has 33 heavy (non-hydrogen) atoms. The average molecular weight is 465 g/mol. The van der Waals surface area contributed by atoms with Crippen molar-refractivity contribution in [3.05, 3.63) is 69.7 Å². The molecule has 8 nitrogen and oxygen atoms in total. The van der Waals surface area contributed by atoms with Crippen LogP contribution in [-0.2, 0) is 34.3 Å². The number of benzene rings is 2. The van der Waals surface area contributed by atoms with Crippen LogP contribution in [-0.4, -0.2) is 44.5 Å². The van der Waals surface area contributed by atoms with Crippen LogP contribution in [0.25, 0.3) is 21.1 Å². The highest BCUT2D eigenvalue weighted by Gasteiger charge is 2.23. The maximum absolute atomic E-state index is 12.7. The Labute approximate surface area is 194 Å². The summed E-state index contributed by atoms with van der Waals surface area (Å²) >= 11 is 1.53. The molecule has 1 amide bonds. The third-order valence-corrected chi connectivity index (χ3v) is 6.39. The first kappa shape index (κ1) is 22.6. The first-order valence-electron chi connectivity index (χ1n) is 10.6. The predicted molar refractivity (Wildman–Crippen MR) is 127 cm³/mol. The number of aryl methyl sites for hydroxylation is 1. The highest BCUT2D eigenvalue weighted by atomic mass is 32.1. The zero-order chi connectivity index (χ0) is 23.5. The van der Waals surface area contributed by atoms with Crippen molar-refractivity contribution in [2.24, 2.45) is 7.05 Å². The van der Waals surface area contributed by atoms with E-state index < -0.39 is 12.1 Å². The topological polar surface area (TPSA) is 94.4 Å². The molecule has 0 aliphatic heterocycles. The Morgan fingerprint density at radius 2 is 1.79 bits per heavy atom. The van der Waals surface area contributed by atoms with E-state index in [-0.39, 0.29) is 24.3 Å². The number of rotatable bonds is 7. The highest BCUT2D eigenvalue weighted by molar-refractivity contribution is 7.18. The van der Waals surface area contributed by atoms with Crippen LogP contribution in [0.5, 0.6) is 0 Å². The molecule has 0 saturated heterocycles. The molecule has 0 spiro atoms. The SMILES string of the molecule is CC(OC(=O)CCc1nc2ccccc2c(=O)n1C)C(=O)N(C)Cc1nc2ccccc2s1. The molecular weight excluding hydrogens is 440 g/mol. The number of para-hydroxylation sites is 2. The Bertz CT molecular complexity index is 1360. The average Bonchev–Trinajstić information content (AvgIpc) is 3.22. The number of likely N-dealkylation sites (N-methyl/N-ethyl adjacent to an activating group) is 1. The summed E-state index contributed by atoms with van der Waals surface area (Å²) in [6.45, 7) is 1.89. The molecular formula is C24H24N4O4S. The van der Waals surface area contributed by atoms with Gasteiger partial charge in [0.05, 0.1) is 34.1 Å². The van der Waals surface area contributed by atoms with Crippen LogP contribution < -0.4 is 5.56 Å². The van der Waals surface area contributed by atoms with Crippen molar-refractivity contribution in [2.45, 2.75) is 32.4 Å². The molecule has 1 atom stereocenters. The van der Waals surface area contributed by atoms with E-state index >= 15 is 0 Å². The van der Waals surface area contributed by atoms with Gasteiger partial charge in [0.15, 0.2) is 6.10 Å². The molecule has 0 saturated carbocycles. The number of esters is 1. The summed E-state index contributed by atoms with van der Waals surface area (Å²) in [5.41, 5.74) is 1.32. The number of thiazole rings is 1. The van der Waals surface area contributed by atoms with E-state index in [2.05, 4.69) is 9.97 Å². The Morgan fingerprint density at radius 3 is 2.55 bits per heavy atom. The summed E-state index contributed by atoms with van der Waals surface area (Å²) in [5, 5.41) is 1.34. The Kier molecular flexibility index (Phi) is 6.50. The number of carbonyl (C=O) groups is 2. The Morgan fingerprint density at radius 1 is 1.09 bits per heavy atom. The van der Waals surface area contributed by atoms with Crippen LogP contribution in [0.3, 0.4) is 0 Å². The van der Waals surface area contributed by atoms with Gasteiger partial charge >= 0.3 is 5.97 Å². The fourth-order valence-corrected chi connectivity index (χ4v) is 4.61. The largest absolute Gasteiger partial charge is 0.453 e. The molecule has 0 aliphatic carbocycles. The molecule has 9 heteroatoms. The van der Waals surface area contributed by atoms with Gasteiger partial charge < -0.3 is 9.64 Å². The second-order valence-electron chi connectivity index (χ2n) is 7.81. The van der Waals surface area contributed by atoms with Gasteiger partial charge in [0.1, 0.15) is 10.8 Å². The molecule has 4 aromatic rings. The number of fused-ring (bicyclic) bond motifs is 2. The standard InChI is InChI=1S/C24H24N4O4S/c1-15(23(30)27(2)14-21-26-18-10-6-7-11-19(18)33-21)32-22(29)13-12-20-25-17-9-5-4-8-16(17)24(31)28(20)3/h4-11,15H,12-14H2,1-3H3. The smallest absolute Gasteiger partial charge is 0.307 e. The Hall–Kier alpha value is -3.59. The van der Waals surface area contributed by atoms with Crippen LogP contribution in [0.4, 0.5) is 0 Å². The van der Waals surface area contributed by atoms with Gasteiger partial charge in [0.25, 0.3) is 11.5 Å². The molecule has 4 rings (SSSR count). The number of nitrogens with zero attached hydrogens (tertiary/aromatic N) is 4. The van der Waals surface area contributed by atoms with Crippen LogP contribution in [0.2, 0.25) is 0 Å². The third kappa shape index (κ3) is 4.93. The lowest BCUT2D eigenvalue weighted by Gasteiger charge is -2.20. The number of hydrogen-bond acceptors (Lipinski definition) is 7. The van der Waals surface area contributed by atoms with Crippen molar-refractivity contribution in [1.29, 1.82) is 0 Å². The highest BCUT2D eigenvalue weighted by Crippen LogP contribution is 2.22. The summed E-state index contributed by atoms with van der Waals surface area (Å²) in [5.74, 6) is -0.340. The van der Waals surface area contributed by atoms with E-state index in [0.29, 0.717) is 23.3 Å². The molecule has 2 heterocycles. The van der Waals surface area contributed by atoms with Crippen molar-refractivity contribution in [3.63, 3.8) is 0 Å². The quantitative estimate of drug-likeness (QED) is 0.390. The van der Waals surface area contributed by atoms with Gasteiger partial charge in [-0.1, -0.05) is 24.3 Å². The summed E-state index contributed by atoms with van der Waals surface area (Å²) in [7, 11) is 3.29. The van der Waals surface area contributed by atoms with E-state index in [9.17, 15) is 14.4 Å². The third-order valence-electron chi connectivity index (χ3n) is 5.37. The van der Waals surface area contributed by atoms with Crippen LogP contribution in [0, 0.1) is 0 Å². The van der Waals surface area contributed by atoms with Crippen molar-refractivity contribution < 1.29 is 14.3 Å². The van der Waals surface area contributed by atoms with Crippen LogP contribution in [0.15, 0.2) is 53.3 Å². The molecule has 0 radical (unpaired) electrons. The van der Waals surface area contributed by atoms with Gasteiger partial charge in [0, 0.05) is 20.5 Å². The fourth-order valence-electron chi connectivity index (χ4n) is 3.59. The first-order valence-corrected chi connectivity index (χ1v) is 11.4. The maximum atomic E-state index is 12.7. The van der Waals surface area contributed by atoms with Gasteiger partial charge in [-0.3, -0.25) is 19.0 Å². The molecule has 170 valence electrons. The minimum absolute atomic E-state index is 0.0117. The van der Waals surface area contributed by atoms with Gasteiger partial charge in [-0.25, -0.2) is 9.97 Å². The van der Waals surface area contributed by atoms with E-state index in [4.69, 9.17) is 4.74 Å². The summed E-state index contributed by atoms with van der Waals surface area (Å²) in [6, 6.07) is 14.9. The summed E-state index contributed by atoms with van der Waals surface area (Å²) < 4.78 is 7.85. The van der Waals surface area contributed by atoms with Gasteiger partial charge in [-0.2, -0.15) is 0 Å². The fraction of sp³-hybridized carbons (Fsp3) is 0.292. The van der Waals surface area contributed by atoms with E-state index in [0.717, 1.165) is 15.2 Å². The zero-order valence-corrected chi connectivity index (χ0v) is 19.5. The van der Waals surface area contributed by atoms with Crippen molar-refractivity contribution in [3.8, 4) is 0 Å². The monoisotopic (exact) mass is 464 g/mol. The summed E-state index contributed by atoms with van der Waals surface area (Å²) in [4.78, 5) is 48.1. The number of amides is 1. The van der Waals surface area contributed by atoms with E-state index in [1.54, 1.807) is 39.2 Å². The molecule has 0 fully saturated rings. The second kappa shape index (κ2) is 9.50. The van der Waals surface area contributed by atoms with Crippen molar-refractivity contribution >= 4 is 44.3 Å². The number of carbonyl (C=O) groups excluding carboxylic acids is 2. The van der Waals surface area contributed by atoms with Gasteiger partial charge in [-0.05, 0) is 31.2 Å². The van der Waals surface area contributed by atoms with Crippen molar-refractivity contribution in [1.82, 2.24) is 19.4 Å². The van der Waals surface area contributed by atoms with Crippen molar-refractivity contribution in [2.75, 3.05) is 7.05 Å². The molecule has 2 aromatic heterocycles. The number of aromatic nitrogens is 3. The predicted octanol–water partition coefficient (Wildman–Crippen LogP) is 3.07. The zero-order valence-electron chi connectivity index (χ0n) is 18.6. The lowest BCUT2D eigenvalue weighted by Crippen LogP contribution is -2.37. The summed E-state index contributed by atoms with van der Waals surface area (Å²) in [6.07, 6.45) is -0.680. The number of ether oxygens (including phenoxy) is 1. The number of hydrogen-bond donors (Lipinski definition) is 0. The van der Waals surface area contributed by atoms with Gasteiger partial charge in [0.2, 0.25) is 0 Å². The Balaban J connectivity index is 1.34. The lowest BCUT2D eigenvalue weighted by atomic mass is 10.2. The van der Waals surface area contributed by atoms with E-state index in [1.165, 1.54) is 20.8 Å². The normalized spacial score (nSPS) is 12.1. The van der Waals surface area contributed by atoms with E-state index in [1.807, 2.05) is 30.3 Å². The molecule has 2 aromatic carbocycles. The van der Waals surface area contributed by atoms with Crippen LogP contribution in [0.1, 0.15) is 24.2 Å². The first-order chi connectivity index (χ1) is 15.8. The molecule has 0 bridgehead atoms. The second-order valence-corrected chi connectivity index (χ2v) is 8.93. The van der Waals surface area contributed by atoms with Crippen LogP contribution >= 0.6 is 11.3 Å². The molecule has 0 aliphatic rings. The molecule has 0 N–H and O–H groups in total.